The summed E-state index contributed by atoms with van der Waals surface area (Å²) in [6, 6.07) is 7.62. The van der Waals surface area contributed by atoms with Crippen molar-refractivity contribution in [3.63, 3.8) is 0 Å². The van der Waals surface area contributed by atoms with E-state index in [9.17, 15) is 5.11 Å². The van der Waals surface area contributed by atoms with Crippen LogP contribution in [0.25, 0.3) is 0 Å². The Morgan fingerprint density at radius 3 is 2.12 bits per heavy atom. The van der Waals surface area contributed by atoms with Crippen LogP contribution < -0.4 is 0 Å². The van der Waals surface area contributed by atoms with Crippen LogP contribution in [-0.4, -0.2) is 5.11 Å². The molecule has 0 amide bonds. The maximum atomic E-state index is 9.25. The molecule has 0 aromatic heterocycles. The lowest BCUT2D eigenvalue weighted by Crippen LogP contribution is -2.13. The highest BCUT2D eigenvalue weighted by Crippen LogP contribution is 2.25. The molecule has 2 unspecified atom stereocenters. The maximum absolute atomic E-state index is 9.25. The van der Waals surface area contributed by atoms with E-state index < -0.39 is 0 Å². The first-order valence-corrected chi connectivity index (χ1v) is 6.80. The van der Waals surface area contributed by atoms with E-state index in [1.165, 1.54) is 18.4 Å². The van der Waals surface area contributed by atoms with Gasteiger partial charge in [0, 0.05) is 0 Å². The van der Waals surface area contributed by atoms with Crippen LogP contribution in [0.4, 0.5) is 0 Å². The third kappa shape index (κ3) is 4.80. The zero-order valence-electron chi connectivity index (χ0n) is 11.6. The molecule has 0 heterocycles. The zero-order valence-corrected chi connectivity index (χ0v) is 11.6. The second-order valence-electron chi connectivity index (χ2n) is 5.62. The van der Waals surface area contributed by atoms with Crippen LogP contribution in [-0.2, 0) is 6.42 Å². The molecule has 0 bridgehead atoms. The largest absolute Gasteiger partial charge is 0.508 e. The van der Waals surface area contributed by atoms with E-state index >= 15 is 0 Å². The molecule has 17 heavy (non-hydrogen) atoms. The molecule has 0 aliphatic rings. The summed E-state index contributed by atoms with van der Waals surface area (Å²) < 4.78 is 0. The minimum atomic E-state index is 0.356. The lowest BCUT2D eigenvalue weighted by molar-refractivity contribution is 0.297. The van der Waals surface area contributed by atoms with Crippen molar-refractivity contribution in [2.24, 2.45) is 17.8 Å². The summed E-state index contributed by atoms with van der Waals surface area (Å²) in [5, 5.41) is 9.25. The van der Waals surface area contributed by atoms with E-state index in [2.05, 4.69) is 27.7 Å². The van der Waals surface area contributed by atoms with Crippen LogP contribution >= 0.6 is 0 Å². The second kappa shape index (κ2) is 6.68. The minimum absolute atomic E-state index is 0.356. The van der Waals surface area contributed by atoms with Crippen molar-refractivity contribution in [3.05, 3.63) is 29.8 Å². The topological polar surface area (TPSA) is 20.2 Å². The second-order valence-corrected chi connectivity index (χ2v) is 5.62. The Kier molecular flexibility index (Phi) is 5.54. The van der Waals surface area contributed by atoms with Crippen molar-refractivity contribution in [1.82, 2.24) is 0 Å². The van der Waals surface area contributed by atoms with E-state index in [1.54, 1.807) is 12.1 Å². The number of aromatic hydroxyl groups is 1. The van der Waals surface area contributed by atoms with Crippen molar-refractivity contribution in [2.45, 2.75) is 47.0 Å². The summed E-state index contributed by atoms with van der Waals surface area (Å²) in [6.45, 7) is 9.26. The van der Waals surface area contributed by atoms with Crippen LogP contribution in [0.5, 0.6) is 5.75 Å². The Hall–Kier alpha value is -0.980. The first-order chi connectivity index (χ1) is 8.02. The SMILES string of the molecule is CCC(CC(C)Cc1ccc(O)cc1)C(C)C. The molecule has 2 atom stereocenters. The first kappa shape index (κ1) is 14.1. The minimum Gasteiger partial charge on any atom is -0.508 e. The summed E-state index contributed by atoms with van der Waals surface area (Å²) in [7, 11) is 0. The molecular weight excluding hydrogens is 208 g/mol. The number of hydrogen-bond acceptors (Lipinski definition) is 1. The van der Waals surface area contributed by atoms with Gasteiger partial charge in [0.2, 0.25) is 0 Å². The van der Waals surface area contributed by atoms with Gasteiger partial charge in [-0.25, -0.2) is 0 Å². The molecule has 1 aromatic rings. The highest BCUT2D eigenvalue weighted by atomic mass is 16.3. The van der Waals surface area contributed by atoms with Gasteiger partial charge in [0.25, 0.3) is 0 Å². The van der Waals surface area contributed by atoms with E-state index in [0.717, 1.165) is 18.3 Å². The van der Waals surface area contributed by atoms with Crippen LogP contribution in [0, 0.1) is 17.8 Å². The average Bonchev–Trinajstić information content (AvgIpc) is 2.28. The molecule has 1 rings (SSSR count). The Morgan fingerprint density at radius 2 is 1.65 bits per heavy atom. The molecular formula is C16H26O. The lowest BCUT2D eigenvalue weighted by atomic mass is 9.83. The van der Waals surface area contributed by atoms with Crippen molar-refractivity contribution >= 4 is 0 Å². The fraction of sp³-hybridized carbons (Fsp3) is 0.625. The van der Waals surface area contributed by atoms with Gasteiger partial charge in [0.1, 0.15) is 5.75 Å². The molecule has 96 valence electrons. The van der Waals surface area contributed by atoms with Gasteiger partial charge in [0.15, 0.2) is 0 Å². The van der Waals surface area contributed by atoms with Crippen molar-refractivity contribution in [1.29, 1.82) is 0 Å². The van der Waals surface area contributed by atoms with E-state index in [-0.39, 0.29) is 0 Å². The smallest absolute Gasteiger partial charge is 0.115 e. The number of benzene rings is 1. The molecule has 1 nitrogen and oxygen atoms in total. The van der Waals surface area contributed by atoms with Crippen LogP contribution in [0.2, 0.25) is 0 Å². The average molecular weight is 234 g/mol. The van der Waals surface area contributed by atoms with Gasteiger partial charge < -0.3 is 5.11 Å². The Bertz CT molecular complexity index is 313. The third-order valence-corrected chi connectivity index (χ3v) is 3.69. The normalized spacial score (nSPS) is 14.9. The zero-order chi connectivity index (χ0) is 12.8. The molecule has 1 aromatic carbocycles. The molecule has 0 saturated heterocycles. The molecule has 0 aliphatic carbocycles. The van der Waals surface area contributed by atoms with Crippen LogP contribution in [0.1, 0.15) is 46.1 Å². The quantitative estimate of drug-likeness (QED) is 0.760. The van der Waals surface area contributed by atoms with Crippen molar-refractivity contribution in [2.75, 3.05) is 0 Å². The Balaban J connectivity index is 2.48. The lowest BCUT2D eigenvalue weighted by Gasteiger charge is -2.23. The fourth-order valence-corrected chi connectivity index (χ4v) is 2.54. The Labute approximate surface area is 106 Å². The molecule has 0 spiro atoms. The molecule has 1 N–H and O–H groups in total. The van der Waals surface area contributed by atoms with Gasteiger partial charge in [-0.3, -0.25) is 0 Å². The molecule has 0 fully saturated rings. The van der Waals surface area contributed by atoms with Gasteiger partial charge >= 0.3 is 0 Å². The van der Waals surface area contributed by atoms with Crippen LogP contribution in [0.3, 0.4) is 0 Å². The van der Waals surface area contributed by atoms with Gasteiger partial charge in [-0.15, -0.1) is 0 Å². The Morgan fingerprint density at radius 1 is 1.06 bits per heavy atom. The van der Waals surface area contributed by atoms with Gasteiger partial charge in [0.05, 0.1) is 0 Å². The highest BCUT2D eigenvalue weighted by molar-refractivity contribution is 5.26. The summed E-state index contributed by atoms with van der Waals surface area (Å²) in [6.07, 6.45) is 3.69. The number of phenolic OH excluding ortho intramolecular Hbond substituents is 1. The predicted molar refractivity (Wildman–Crippen MR) is 74.2 cm³/mol. The molecule has 0 radical (unpaired) electrons. The first-order valence-electron chi connectivity index (χ1n) is 6.80. The van der Waals surface area contributed by atoms with Gasteiger partial charge in [-0.2, -0.15) is 0 Å². The number of phenols is 1. The molecule has 0 saturated carbocycles. The number of hydrogen-bond donors (Lipinski definition) is 1. The predicted octanol–water partition coefficient (Wildman–Crippen LogP) is 4.64. The molecule has 1 heteroatoms. The van der Waals surface area contributed by atoms with Crippen LogP contribution in [0.15, 0.2) is 24.3 Å². The van der Waals surface area contributed by atoms with Crippen molar-refractivity contribution < 1.29 is 5.11 Å². The maximum Gasteiger partial charge on any atom is 0.115 e. The summed E-state index contributed by atoms with van der Waals surface area (Å²) in [5.74, 6) is 2.69. The summed E-state index contributed by atoms with van der Waals surface area (Å²) >= 11 is 0. The third-order valence-electron chi connectivity index (χ3n) is 3.69. The summed E-state index contributed by atoms with van der Waals surface area (Å²) in [5.41, 5.74) is 1.33. The fourth-order valence-electron chi connectivity index (χ4n) is 2.54. The standard InChI is InChI=1S/C16H26O/c1-5-15(12(2)3)11-13(4)10-14-6-8-16(17)9-7-14/h6-9,12-13,15,17H,5,10-11H2,1-4H3. The van der Waals surface area contributed by atoms with E-state index in [1.807, 2.05) is 12.1 Å². The van der Waals surface area contributed by atoms with E-state index in [0.29, 0.717) is 11.7 Å². The van der Waals surface area contributed by atoms with Gasteiger partial charge in [-0.05, 0) is 48.3 Å². The number of rotatable bonds is 6. The van der Waals surface area contributed by atoms with Gasteiger partial charge in [-0.1, -0.05) is 46.2 Å². The monoisotopic (exact) mass is 234 g/mol. The van der Waals surface area contributed by atoms with E-state index in [4.69, 9.17) is 0 Å². The van der Waals surface area contributed by atoms with Crippen molar-refractivity contribution in [3.8, 4) is 5.75 Å². The summed E-state index contributed by atoms with van der Waals surface area (Å²) in [4.78, 5) is 0. The molecule has 0 aliphatic heterocycles. The highest BCUT2D eigenvalue weighted by Gasteiger charge is 2.15.